The average molecular weight is 336 g/mol. The van der Waals surface area contributed by atoms with E-state index in [9.17, 15) is 4.39 Å². The van der Waals surface area contributed by atoms with E-state index >= 15 is 0 Å². The maximum Gasteiger partial charge on any atom is 0.134 e. The van der Waals surface area contributed by atoms with E-state index in [-0.39, 0.29) is 5.82 Å². The minimum absolute atomic E-state index is 0.268. The topological polar surface area (TPSA) is 25.2 Å². The molecule has 0 atom stereocenters. The first kappa shape index (κ1) is 14.9. The SMILES string of the molecule is Fc1ccc(-c2ccc(CNc3cc(Cl)cc(Cl)c3)o2)cc1. The van der Waals surface area contributed by atoms with Gasteiger partial charge in [-0.2, -0.15) is 0 Å². The van der Waals surface area contributed by atoms with Gasteiger partial charge < -0.3 is 9.73 Å². The van der Waals surface area contributed by atoms with Crippen molar-refractivity contribution in [3.05, 3.63) is 76.2 Å². The normalized spacial score (nSPS) is 10.7. The lowest BCUT2D eigenvalue weighted by atomic mass is 10.2. The van der Waals surface area contributed by atoms with Crippen LogP contribution in [0.2, 0.25) is 10.0 Å². The Morgan fingerprint density at radius 3 is 2.27 bits per heavy atom. The van der Waals surface area contributed by atoms with Gasteiger partial charge in [0, 0.05) is 21.3 Å². The molecule has 22 heavy (non-hydrogen) atoms. The van der Waals surface area contributed by atoms with Gasteiger partial charge in [0.1, 0.15) is 17.3 Å². The molecular weight excluding hydrogens is 324 g/mol. The molecule has 1 N–H and O–H groups in total. The molecule has 112 valence electrons. The Bertz CT molecular complexity index is 763. The first-order chi connectivity index (χ1) is 10.6. The number of halogens is 3. The predicted octanol–water partition coefficient (Wildman–Crippen LogP) is 6.00. The fourth-order valence-electron chi connectivity index (χ4n) is 2.09. The van der Waals surface area contributed by atoms with Gasteiger partial charge in [0.2, 0.25) is 0 Å². The van der Waals surface area contributed by atoms with Gasteiger partial charge in [0.05, 0.1) is 6.54 Å². The average Bonchev–Trinajstić information content (AvgIpc) is 2.94. The van der Waals surface area contributed by atoms with Crippen molar-refractivity contribution in [3.63, 3.8) is 0 Å². The Morgan fingerprint density at radius 2 is 1.59 bits per heavy atom. The summed E-state index contributed by atoms with van der Waals surface area (Å²) in [4.78, 5) is 0. The van der Waals surface area contributed by atoms with Crippen LogP contribution >= 0.6 is 23.2 Å². The summed E-state index contributed by atoms with van der Waals surface area (Å²) < 4.78 is 18.7. The molecule has 3 rings (SSSR count). The summed E-state index contributed by atoms with van der Waals surface area (Å²) >= 11 is 11.9. The van der Waals surface area contributed by atoms with Gasteiger partial charge >= 0.3 is 0 Å². The summed E-state index contributed by atoms with van der Waals surface area (Å²) in [5, 5.41) is 4.34. The van der Waals surface area contributed by atoms with Crippen molar-refractivity contribution in [3.8, 4) is 11.3 Å². The molecule has 0 unspecified atom stereocenters. The Morgan fingerprint density at radius 1 is 0.909 bits per heavy atom. The first-order valence-corrected chi connectivity index (χ1v) is 7.40. The van der Waals surface area contributed by atoms with Gasteiger partial charge in [0.25, 0.3) is 0 Å². The highest BCUT2D eigenvalue weighted by molar-refractivity contribution is 6.35. The van der Waals surface area contributed by atoms with Crippen LogP contribution in [0, 0.1) is 5.82 Å². The zero-order valence-electron chi connectivity index (χ0n) is 11.4. The van der Waals surface area contributed by atoms with Crippen molar-refractivity contribution in [1.82, 2.24) is 0 Å². The lowest BCUT2D eigenvalue weighted by Crippen LogP contribution is -1.97. The van der Waals surface area contributed by atoms with Crippen molar-refractivity contribution >= 4 is 28.9 Å². The van der Waals surface area contributed by atoms with E-state index in [2.05, 4.69) is 5.32 Å². The summed E-state index contributed by atoms with van der Waals surface area (Å²) in [6, 6.07) is 15.2. The first-order valence-electron chi connectivity index (χ1n) is 6.65. The molecular formula is C17H12Cl2FNO. The van der Waals surface area contributed by atoms with E-state index < -0.39 is 0 Å². The highest BCUT2D eigenvalue weighted by Gasteiger charge is 2.05. The number of benzene rings is 2. The van der Waals surface area contributed by atoms with Crippen molar-refractivity contribution < 1.29 is 8.81 Å². The molecule has 2 aromatic carbocycles. The van der Waals surface area contributed by atoms with Gasteiger partial charge in [-0.05, 0) is 54.6 Å². The zero-order valence-corrected chi connectivity index (χ0v) is 13.0. The maximum absolute atomic E-state index is 12.9. The molecule has 1 heterocycles. The van der Waals surface area contributed by atoms with Crippen LogP contribution in [0.4, 0.5) is 10.1 Å². The zero-order chi connectivity index (χ0) is 15.5. The monoisotopic (exact) mass is 335 g/mol. The molecule has 0 saturated heterocycles. The van der Waals surface area contributed by atoms with Crippen LogP contribution in [0.3, 0.4) is 0 Å². The fraction of sp³-hybridized carbons (Fsp3) is 0.0588. The minimum atomic E-state index is -0.268. The van der Waals surface area contributed by atoms with E-state index in [1.54, 1.807) is 30.3 Å². The van der Waals surface area contributed by atoms with Gasteiger partial charge in [-0.3, -0.25) is 0 Å². The van der Waals surface area contributed by atoms with Gasteiger partial charge in [-0.15, -0.1) is 0 Å². The molecule has 0 amide bonds. The minimum Gasteiger partial charge on any atom is -0.459 e. The van der Waals surface area contributed by atoms with Crippen LogP contribution in [0.15, 0.2) is 59.0 Å². The van der Waals surface area contributed by atoms with Crippen LogP contribution in [0.25, 0.3) is 11.3 Å². The van der Waals surface area contributed by atoms with Crippen LogP contribution in [-0.4, -0.2) is 0 Å². The van der Waals surface area contributed by atoms with Crippen LogP contribution in [0.1, 0.15) is 5.76 Å². The lowest BCUT2D eigenvalue weighted by molar-refractivity contribution is 0.531. The molecule has 1 aromatic heterocycles. The van der Waals surface area contributed by atoms with Gasteiger partial charge in [-0.1, -0.05) is 23.2 Å². The van der Waals surface area contributed by atoms with Crippen molar-refractivity contribution in [1.29, 1.82) is 0 Å². The van der Waals surface area contributed by atoms with E-state index in [1.165, 1.54) is 12.1 Å². The fourth-order valence-corrected chi connectivity index (χ4v) is 2.61. The van der Waals surface area contributed by atoms with Crippen molar-refractivity contribution in [2.24, 2.45) is 0 Å². The Balaban J connectivity index is 1.70. The molecule has 0 aliphatic heterocycles. The second kappa shape index (κ2) is 6.42. The molecule has 0 bridgehead atoms. The highest BCUT2D eigenvalue weighted by atomic mass is 35.5. The molecule has 2 nitrogen and oxygen atoms in total. The molecule has 3 aromatic rings. The molecule has 0 radical (unpaired) electrons. The smallest absolute Gasteiger partial charge is 0.134 e. The molecule has 0 saturated carbocycles. The van der Waals surface area contributed by atoms with E-state index in [0.717, 1.165) is 17.0 Å². The standard InChI is InChI=1S/C17H12Cl2FNO/c18-12-7-13(19)9-15(8-12)21-10-16-5-6-17(22-16)11-1-3-14(20)4-2-11/h1-9,21H,10H2. The van der Waals surface area contributed by atoms with Crippen molar-refractivity contribution in [2.45, 2.75) is 6.54 Å². The largest absolute Gasteiger partial charge is 0.459 e. The number of hydrogen-bond donors (Lipinski definition) is 1. The lowest BCUT2D eigenvalue weighted by Gasteiger charge is -2.05. The highest BCUT2D eigenvalue weighted by Crippen LogP contribution is 2.25. The number of furan rings is 1. The van der Waals surface area contributed by atoms with E-state index in [1.807, 2.05) is 12.1 Å². The number of hydrogen-bond acceptors (Lipinski definition) is 2. The van der Waals surface area contributed by atoms with Crippen LogP contribution in [0.5, 0.6) is 0 Å². The molecule has 0 fully saturated rings. The third-order valence-electron chi connectivity index (χ3n) is 3.12. The van der Waals surface area contributed by atoms with Crippen LogP contribution in [-0.2, 0) is 6.54 Å². The summed E-state index contributed by atoms with van der Waals surface area (Å²) in [6.45, 7) is 0.498. The van der Waals surface area contributed by atoms with Gasteiger partial charge in [0.15, 0.2) is 0 Å². The van der Waals surface area contributed by atoms with E-state index in [4.69, 9.17) is 27.6 Å². The van der Waals surface area contributed by atoms with Crippen LogP contribution < -0.4 is 5.32 Å². The third kappa shape index (κ3) is 3.62. The Hall–Kier alpha value is -1.97. The second-order valence-corrected chi connectivity index (χ2v) is 5.66. The summed E-state index contributed by atoms with van der Waals surface area (Å²) in [6.07, 6.45) is 0. The number of rotatable bonds is 4. The quantitative estimate of drug-likeness (QED) is 0.632. The Labute approximate surface area is 137 Å². The predicted molar refractivity (Wildman–Crippen MR) is 87.9 cm³/mol. The van der Waals surface area contributed by atoms with E-state index in [0.29, 0.717) is 22.4 Å². The number of anilines is 1. The van der Waals surface area contributed by atoms with Crippen molar-refractivity contribution in [2.75, 3.05) is 5.32 Å². The molecule has 5 heteroatoms. The third-order valence-corrected chi connectivity index (χ3v) is 3.56. The maximum atomic E-state index is 12.9. The number of nitrogens with one attached hydrogen (secondary N) is 1. The van der Waals surface area contributed by atoms with Gasteiger partial charge in [-0.25, -0.2) is 4.39 Å². The summed E-state index contributed by atoms with van der Waals surface area (Å²) in [5.74, 6) is 1.19. The molecule has 0 aliphatic rings. The molecule has 0 aliphatic carbocycles. The Kier molecular flexibility index (Phi) is 4.36. The second-order valence-electron chi connectivity index (χ2n) is 4.78. The summed E-state index contributed by atoms with van der Waals surface area (Å²) in [5.41, 5.74) is 1.65. The summed E-state index contributed by atoms with van der Waals surface area (Å²) in [7, 11) is 0. The molecule has 0 spiro atoms.